The second-order valence-corrected chi connectivity index (χ2v) is 6.12. The van der Waals surface area contributed by atoms with E-state index in [9.17, 15) is 4.79 Å². The maximum Gasteiger partial charge on any atom is 0.305 e. The van der Waals surface area contributed by atoms with E-state index in [2.05, 4.69) is 46.9 Å². The zero-order chi connectivity index (χ0) is 15.1. The summed E-state index contributed by atoms with van der Waals surface area (Å²) in [5, 5.41) is 0. The Bertz CT molecular complexity index is 432. The van der Waals surface area contributed by atoms with Crippen LogP contribution >= 0.6 is 0 Å². The molecule has 0 aliphatic carbocycles. The topological polar surface area (TPSA) is 29.5 Å². The number of methoxy groups -OCH3 is 1. The number of piperidine rings is 1. The summed E-state index contributed by atoms with van der Waals surface area (Å²) in [6.07, 6.45) is 3.80. The summed E-state index contributed by atoms with van der Waals surface area (Å²) < 4.78 is 4.67. The Balaban J connectivity index is 1.72. The van der Waals surface area contributed by atoms with Gasteiger partial charge in [-0.05, 0) is 49.8 Å². The van der Waals surface area contributed by atoms with Crippen LogP contribution in [-0.4, -0.2) is 37.6 Å². The fourth-order valence-corrected chi connectivity index (χ4v) is 3.34. The summed E-state index contributed by atoms with van der Waals surface area (Å²) in [4.78, 5) is 13.6. The SMILES string of the molecule is COC(=O)CCCCN1CC[C@H](c2ccccc2)[C@@H](C)C1. The summed E-state index contributed by atoms with van der Waals surface area (Å²) in [7, 11) is 1.46. The normalized spacial score (nSPS) is 23.0. The first-order valence-corrected chi connectivity index (χ1v) is 8.05. The number of ether oxygens (including phenoxy) is 1. The molecule has 0 bridgehead atoms. The fourth-order valence-electron chi connectivity index (χ4n) is 3.34. The number of rotatable bonds is 6. The highest BCUT2D eigenvalue weighted by molar-refractivity contribution is 5.68. The smallest absolute Gasteiger partial charge is 0.305 e. The number of unbranched alkanes of at least 4 members (excludes halogenated alkanes) is 1. The predicted molar refractivity (Wildman–Crippen MR) is 85.3 cm³/mol. The van der Waals surface area contributed by atoms with Gasteiger partial charge >= 0.3 is 5.97 Å². The van der Waals surface area contributed by atoms with Crippen molar-refractivity contribution in [3.8, 4) is 0 Å². The molecule has 1 aromatic carbocycles. The monoisotopic (exact) mass is 289 g/mol. The van der Waals surface area contributed by atoms with Gasteiger partial charge in [-0.3, -0.25) is 4.79 Å². The highest BCUT2D eigenvalue weighted by atomic mass is 16.5. The third kappa shape index (κ3) is 4.85. The Morgan fingerprint density at radius 3 is 2.71 bits per heavy atom. The number of likely N-dealkylation sites (tertiary alicyclic amines) is 1. The highest BCUT2D eigenvalue weighted by Crippen LogP contribution is 2.32. The van der Waals surface area contributed by atoms with Crippen molar-refractivity contribution in [2.75, 3.05) is 26.7 Å². The molecule has 0 unspecified atom stereocenters. The highest BCUT2D eigenvalue weighted by Gasteiger charge is 2.26. The molecule has 0 N–H and O–H groups in total. The fraction of sp³-hybridized carbons (Fsp3) is 0.611. The van der Waals surface area contributed by atoms with Gasteiger partial charge in [0.05, 0.1) is 7.11 Å². The lowest BCUT2D eigenvalue weighted by Crippen LogP contribution is -2.38. The van der Waals surface area contributed by atoms with Crippen LogP contribution in [0.5, 0.6) is 0 Å². The number of nitrogens with zero attached hydrogens (tertiary/aromatic N) is 1. The first-order chi connectivity index (χ1) is 10.2. The molecule has 0 spiro atoms. The van der Waals surface area contributed by atoms with Gasteiger partial charge in [0.25, 0.3) is 0 Å². The van der Waals surface area contributed by atoms with Gasteiger partial charge in [-0.15, -0.1) is 0 Å². The molecule has 1 aromatic rings. The molecule has 21 heavy (non-hydrogen) atoms. The molecule has 0 saturated carbocycles. The zero-order valence-corrected chi connectivity index (χ0v) is 13.3. The Hall–Kier alpha value is -1.35. The molecule has 1 aliphatic heterocycles. The van der Waals surface area contributed by atoms with E-state index in [1.54, 1.807) is 0 Å². The van der Waals surface area contributed by atoms with E-state index in [4.69, 9.17) is 0 Å². The first-order valence-electron chi connectivity index (χ1n) is 8.05. The molecule has 1 aliphatic rings. The molecule has 0 amide bonds. The molecular weight excluding hydrogens is 262 g/mol. The maximum absolute atomic E-state index is 11.1. The molecule has 116 valence electrons. The first kappa shape index (κ1) is 16.0. The van der Waals surface area contributed by atoms with Gasteiger partial charge < -0.3 is 9.64 Å². The van der Waals surface area contributed by atoms with Crippen molar-refractivity contribution < 1.29 is 9.53 Å². The molecular formula is C18H27NO2. The molecule has 3 heteroatoms. The molecule has 1 saturated heterocycles. The Kier molecular flexibility index (Phi) is 6.24. The summed E-state index contributed by atoms with van der Waals surface area (Å²) >= 11 is 0. The van der Waals surface area contributed by atoms with Crippen molar-refractivity contribution in [2.24, 2.45) is 5.92 Å². The maximum atomic E-state index is 11.1. The van der Waals surface area contributed by atoms with Crippen LogP contribution in [0.1, 0.15) is 44.1 Å². The van der Waals surface area contributed by atoms with Crippen LogP contribution in [0.3, 0.4) is 0 Å². The molecule has 1 heterocycles. The van der Waals surface area contributed by atoms with Crippen LogP contribution in [0.25, 0.3) is 0 Å². The zero-order valence-electron chi connectivity index (χ0n) is 13.3. The van der Waals surface area contributed by atoms with E-state index < -0.39 is 0 Å². The molecule has 2 atom stereocenters. The lowest BCUT2D eigenvalue weighted by atomic mass is 9.81. The minimum Gasteiger partial charge on any atom is -0.469 e. The van der Waals surface area contributed by atoms with Crippen LogP contribution in [-0.2, 0) is 9.53 Å². The predicted octanol–water partition coefficient (Wildman–Crippen LogP) is 3.46. The van der Waals surface area contributed by atoms with Gasteiger partial charge in [0.1, 0.15) is 0 Å². The van der Waals surface area contributed by atoms with Crippen molar-refractivity contribution in [1.29, 1.82) is 0 Å². The average Bonchev–Trinajstić information content (AvgIpc) is 2.52. The summed E-state index contributed by atoms with van der Waals surface area (Å²) in [6, 6.07) is 10.9. The Morgan fingerprint density at radius 2 is 2.05 bits per heavy atom. The number of carbonyl (C=O) groups is 1. The number of benzene rings is 1. The largest absolute Gasteiger partial charge is 0.469 e. The van der Waals surface area contributed by atoms with E-state index in [0.29, 0.717) is 18.3 Å². The minimum absolute atomic E-state index is 0.0915. The average molecular weight is 289 g/mol. The minimum atomic E-state index is -0.0915. The third-order valence-electron chi connectivity index (χ3n) is 4.55. The van der Waals surface area contributed by atoms with Crippen LogP contribution in [0.4, 0.5) is 0 Å². The van der Waals surface area contributed by atoms with Crippen molar-refractivity contribution in [2.45, 2.75) is 38.5 Å². The van der Waals surface area contributed by atoms with Gasteiger partial charge in [-0.2, -0.15) is 0 Å². The quantitative estimate of drug-likeness (QED) is 0.593. The summed E-state index contributed by atoms with van der Waals surface area (Å²) in [6.45, 7) is 5.79. The standard InChI is InChI=1S/C18H27NO2/c1-15-14-19(12-7-6-10-18(20)21-2)13-11-17(15)16-8-4-3-5-9-16/h3-5,8-9,15,17H,6-7,10-14H2,1-2H3/t15-,17-/m0/s1. The molecule has 1 fully saturated rings. The lowest BCUT2D eigenvalue weighted by Gasteiger charge is -2.37. The van der Waals surface area contributed by atoms with E-state index in [1.165, 1.54) is 25.6 Å². The van der Waals surface area contributed by atoms with Crippen LogP contribution in [0.15, 0.2) is 30.3 Å². The van der Waals surface area contributed by atoms with Crippen molar-refractivity contribution in [1.82, 2.24) is 4.90 Å². The van der Waals surface area contributed by atoms with Crippen molar-refractivity contribution in [3.63, 3.8) is 0 Å². The number of hydrogen-bond acceptors (Lipinski definition) is 3. The third-order valence-corrected chi connectivity index (χ3v) is 4.55. The molecule has 0 radical (unpaired) electrons. The molecule has 3 nitrogen and oxygen atoms in total. The second-order valence-electron chi connectivity index (χ2n) is 6.12. The van der Waals surface area contributed by atoms with Gasteiger partial charge in [0.15, 0.2) is 0 Å². The van der Waals surface area contributed by atoms with Crippen molar-refractivity contribution >= 4 is 5.97 Å². The summed E-state index contributed by atoms with van der Waals surface area (Å²) in [5.74, 6) is 1.30. The Morgan fingerprint density at radius 1 is 1.29 bits per heavy atom. The van der Waals surface area contributed by atoms with Gasteiger partial charge in [-0.1, -0.05) is 37.3 Å². The molecule has 2 rings (SSSR count). The number of carbonyl (C=O) groups excluding carboxylic acids is 1. The Labute approximate surface area is 128 Å². The van der Waals surface area contributed by atoms with Crippen LogP contribution in [0.2, 0.25) is 0 Å². The van der Waals surface area contributed by atoms with E-state index >= 15 is 0 Å². The summed E-state index contributed by atoms with van der Waals surface area (Å²) in [5.41, 5.74) is 1.48. The van der Waals surface area contributed by atoms with E-state index in [1.807, 2.05) is 0 Å². The van der Waals surface area contributed by atoms with Crippen molar-refractivity contribution in [3.05, 3.63) is 35.9 Å². The van der Waals surface area contributed by atoms with Gasteiger partial charge in [-0.25, -0.2) is 0 Å². The number of esters is 1. The van der Waals surface area contributed by atoms with Crippen LogP contribution in [0, 0.1) is 5.92 Å². The van der Waals surface area contributed by atoms with E-state index in [0.717, 1.165) is 25.9 Å². The van der Waals surface area contributed by atoms with Gasteiger partial charge in [0, 0.05) is 13.0 Å². The second kappa shape index (κ2) is 8.18. The van der Waals surface area contributed by atoms with Crippen LogP contribution < -0.4 is 0 Å². The lowest BCUT2D eigenvalue weighted by molar-refractivity contribution is -0.140. The number of hydrogen-bond donors (Lipinski definition) is 0. The molecule has 0 aromatic heterocycles. The van der Waals surface area contributed by atoms with E-state index in [-0.39, 0.29) is 5.97 Å². The van der Waals surface area contributed by atoms with Gasteiger partial charge in [0.2, 0.25) is 0 Å².